The average Bonchev–Trinajstić information content (AvgIpc) is 2.64. The van der Waals surface area contributed by atoms with Crippen LogP contribution in [0.2, 0.25) is 5.02 Å². The van der Waals surface area contributed by atoms with Crippen molar-refractivity contribution in [3.05, 3.63) is 52.5 Å². The second kappa shape index (κ2) is 9.34. The maximum atomic E-state index is 12.8. The first-order valence-corrected chi connectivity index (χ1v) is 12.8. The van der Waals surface area contributed by atoms with Gasteiger partial charge in [-0.25, -0.2) is 16.8 Å². The first kappa shape index (κ1) is 24.1. The van der Waals surface area contributed by atoms with Crippen LogP contribution in [0.1, 0.15) is 29.8 Å². The second-order valence-corrected chi connectivity index (χ2v) is 10.7. The van der Waals surface area contributed by atoms with Crippen molar-refractivity contribution in [3.8, 4) is 0 Å². The summed E-state index contributed by atoms with van der Waals surface area (Å²) in [7, 11) is -7.26. The van der Waals surface area contributed by atoms with E-state index in [1.54, 1.807) is 32.9 Å². The van der Waals surface area contributed by atoms with Crippen molar-refractivity contribution in [1.82, 2.24) is 4.31 Å². The zero-order valence-electron chi connectivity index (χ0n) is 17.1. The monoisotopic (exact) mass is 473 g/mol. The summed E-state index contributed by atoms with van der Waals surface area (Å²) in [5.74, 6) is -0.620. The van der Waals surface area contributed by atoms with Crippen LogP contribution in [0.25, 0.3) is 0 Å². The maximum Gasteiger partial charge on any atom is 0.257 e. The number of anilines is 2. The summed E-state index contributed by atoms with van der Waals surface area (Å²) in [6.45, 7) is 5.76. The number of nitrogens with zero attached hydrogens (tertiary/aromatic N) is 1. The van der Waals surface area contributed by atoms with E-state index in [4.69, 9.17) is 11.6 Å². The van der Waals surface area contributed by atoms with Crippen molar-refractivity contribution in [3.63, 3.8) is 0 Å². The highest BCUT2D eigenvalue weighted by molar-refractivity contribution is 7.92. The van der Waals surface area contributed by atoms with Crippen LogP contribution in [-0.2, 0) is 20.0 Å². The minimum Gasteiger partial charge on any atom is -0.322 e. The normalized spacial score (nSPS) is 12.1. The third-order valence-corrected chi connectivity index (χ3v) is 7.28. The molecule has 0 radical (unpaired) electrons. The summed E-state index contributed by atoms with van der Waals surface area (Å²) >= 11 is 6.14. The van der Waals surface area contributed by atoms with Crippen molar-refractivity contribution in [2.24, 2.45) is 0 Å². The summed E-state index contributed by atoms with van der Waals surface area (Å²) in [6.07, 6.45) is 1.03. The SMILES string of the molecule is CCN(CC)S(=O)(=O)c1ccc(Cl)c(C(=O)Nc2ccc(C)c(NS(C)(=O)=O)c2)c1. The number of amides is 1. The van der Waals surface area contributed by atoms with Crippen LogP contribution >= 0.6 is 11.6 Å². The Bertz CT molecular complexity index is 1160. The highest BCUT2D eigenvalue weighted by atomic mass is 35.5. The molecule has 0 unspecified atom stereocenters. The molecular weight excluding hydrogens is 450 g/mol. The molecule has 0 saturated heterocycles. The highest BCUT2D eigenvalue weighted by Crippen LogP contribution is 2.26. The average molecular weight is 474 g/mol. The molecule has 2 rings (SSSR count). The number of benzene rings is 2. The molecule has 0 aromatic heterocycles. The number of carbonyl (C=O) groups is 1. The topological polar surface area (TPSA) is 113 Å². The first-order chi connectivity index (χ1) is 13.9. The number of sulfonamides is 2. The Hall–Kier alpha value is -2.14. The van der Waals surface area contributed by atoms with Crippen molar-refractivity contribution in [1.29, 1.82) is 0 Å². The summed E-state index contributed by atoms with van der Waals surface area (Å²) in [6, 6.07) is 8.66. The van der Waals surface area contributed by atoms with Crippen LogP contribution in [-0.4, -0.2) is 46.4 Å². The van der Waals surface area contributed by atoms with Crippen LogP contribution in [0.15, 0.2) is 41.3 Å². The molecule has 0 aliphatic rings. The molecule has 0 bridgehead atoms. The Morgan fingerprint density at radius 3 is 2.23 bits per heavy atom. The lowest BCUT2D eigenvalue weighted by molar-refractivity contribution is 0.102. The molecule has 30 heavy (non-hydrogen) atoms. The van der Waals surface area contributed by atoms with E-state index < -0.39 is 26.0 Å². The van der Waals surface area contributed by atoms with Crippen LogP contribution in [0.4, 0.5) is 11.4 Å². The molecule has 11 heteroatoms. The van der Waals surface area contributed by atoms with Crippen LogP contribution in [0, 0.1) is 6.92 Å². The van der Waals surface area contributed by atoms with E-state index in [0.717, 1.165) is 6.26 Å². The van der Waals surface area contributed by atoms with Gasteiger partial charge in [-0.05, 0) is 42.8 Å². The lowest BCUT2D eigenvalue weighted by Crippen LogP contribution is -2.30. The minimum absolute atomic E-state index is 0.0110. The molecule has 1 amide bonds. The van der Waals surface area contributed by atoms with Gasteiger partial charge < -0.3 is 5.32 Å². The van der Waals surface area contributed by atoms with E-state index in [-0.39, 0.29) is 15.5 Å². The zero-order valence-corrected chi connectivity index (χ0v) is 19.5. The van der Waals surface area contributed by atoms with Gasteiger partial charge in [-0.3, -0.25) is 9.52 Å². The molecule has 0 atom stereocenters. The zero-order chi connectivity index (χ0) is 22.7. The number of aryl methyl sites for hydroxylation is 1. The molecule has 0 spiro atoms. The summed E-state index contributed by atoms with van der Waals surface area (Å²) in [5, 5.41) is 2.71. The Balaban J connectivity index is 2.38. The molecule has 0 fully saturated rings. The van der Waals surface area contributed by atoms with Gasteiger partial charge in [0.2, 0.25) is 20.0 Å². The van der Waals surface area contributed by atoms with Crippen molar-refractivity contribution < 1.29 is 21.6 Å². The van der Waals surface area contributed by atoms with Crippen LogP contribution < -0.4 is 10.0 Å². The van der Waals surface area contributed by atoms with Gasteiger partial charge in [0.25, 0.3) is 5.91 Å². The molecule has 0 saturated carbocycles. The highest BCUT2D eigenvalue weighted by Gasteiger charge is 2.24. The fourth-order valence-corrected chi connectivity index (χ4v) is 5.07. The Kier molecular flexibility index (Phi) is 7.51. The molecule has 0 aliphatic carbocycles. The number of rotatable bonds is 8. The summed E-state index contributed by atoms with van der Waals surface area (Å²) < 4.78 is 52.2. The fraction of sp³-hybridized carbons (Fsp3) is 0.316. The third kappa shape index (κ3) is 5.72. The van der Waals surface area contributed by atoms with Gasteiger partial charge in [-0.15, -0.1) is 0 Å². The number of nitrogens with one attached hydrogen (secondary N) is 2. The number of hydrogen-bond acceptors (Lipinski definition) is 5. The second-order valence-electron chi connectivity index (χ2n) is 6.59. The molecule has 0 heterocycles. The standard InChI is InChI=1S/C19H24ClN3O5S2/c1-5-23(6-2)30(27,28)15-9-10-17(20)16(12-15)19(24)21-14-8-7-13(3)18(11-14)22-29(4,25)26/h7-12,22H,5-6H2,1-4H3,(H,21,24). The van der Waals surface area contributed by atoms with Gasteiger partial charge >= 0.3 is 0 Å². The lowest BCUT2D eigenvalue weighted by atomic mass is 10.1. The number of halogens is 1. The molecule has 0 aliphatic heterocycles. The van der Waals surface area contributed by atoms with Gasteiger partial charge in [-0.2, -0.15) is 4.31 Å². The predicted octanol–water partition coefficient (Wildman–Crippen LogP) is 3.30. The molecule has 2 N–H and O–H groups in total. The van der Waals surface area contributed by atoms with Crippen LogP contribution in [0.3, 0.4) is 0 Å². The summed E-state index contributed by atoms with van der Waals surface area (Å²) in [4.78, 5) is 12.7. The lowest BCUT2D eigenvalue weighted by Gasteiger charge is -2.19. The molecular formula is C19H24ClN3O5S2. The minimum atomic E-state index is -3.76. The van der Waals surface area contributed by atoms with Gasteiger partial charge in [0.15, 0.2) is 0 Å². The Morgan fingerprint density at radius 1 is 1.03 bits per heavy atom. The van der Waals surface area contributed by atoms with E-state index in [0.29, 0.717) is 30.0 Å². The van der Waals surface area contributed by atoms with Gasteiger partial charge in [0.05, 0.1) is 27.4 Å². The van der Waals surface area contributed by atoms with Crippen LogP contribution in [0.5, 0.6) is 0 Å². The molecule has 2 aromatic rings. The molecule has 8 nitrogen and oxygen atoms in total. The Labute approximate surface area is 182 Å². The fourth-order valence-electron chi connectivity index (χ4n) is 2.76. The number of carbonyl (C=O) groups excluding carboxylic acids is 1. The first-order valence-electron chi connectivity index (χ1n) is 9.08. The van der Waals surface area contributed by atoms with E-state index in [9.17, 15) is 21.6 Å². The summed E-state index contributed by atoms with van der Waals surface area (Å²) in [5.41, 5.74) is 1.30. The Morgan fingerprint density at radius 2 is 1.67 bits per heavy atom. The predicted molar refractivity (Wildman–Crippen MR) is 119 cm³/mol. The van der Waals surface area contributed by atoms with E-state index in [2.05, 4.69) is 10.0 Å². The van der Waals surface area contributed by atoms with Gasteiger partial charge in [-0.1, -0.05) is 31.5 Å². The molecule has 2 aromatic carbocycles. The third-order valence-electron chi connectivity index (χ3n) is 4.32. The molecule has 164 valence electrons. The largest absolute Gasteiger partial charge is 0.322 e. The number of hydrogen-bond donors (Lipinski definition) is 2. The van der Waals surface area contributed by atoms with Crippen molar-refractivity contribution in [2.75, 3.05) is 29.4 Å². The quantitative estimate of drug-likeness (QED) is 0.610. The van der Waals surface area contributed by atoms with E-state index in [1.165, 1.54) is 28.6 Å². The van der Waals surface area contributed by atoms with Crippen molar-refractivity contribution >= 4 is 48.9 Å². The van der Waals surface area contributed by atoms with E-state index >= 15 is 0 Å². The van der Waals surface area contributed by atoms with E-state index in [1.807, 2.05) is 0 Å². The van der Waals surface area contributed by atoms with Crippen molar-refractivity contribution in [2.45, 2.75) is 25.7 Å². The maximum absolute atomic E-state index is 12.8. The van der Waals surface area contributed by atoms with Gasteiger partial charge in [0, 0.05) is 18.8 Å². The van der Waals surface area contributed by atoms with Gasteiger partial charge in [0.1, 0.15) is 0 Å². The smallest absolute Gasteiger partial charge is 0.257 e.